The van der Waals surface area contributed by atoms with Gasteiger partial charge in [-0.05, 0) is 37.2 Å². The zero-order chi connectivity index (χ0) is 17.8. The molecule has 1 aromatic carbocycles. The van der Waals surface area contributed by atoms with Crippen molar-refractivity contribution in [3.8, 4) is 5.69 Å². The monoisotopic (exact) mass is 372 g/mol. The van der Waals surface area contributed by atoms with Gasteiger partial charge >= 0.3 is 0 Å². The van der Waals surface area contributed by atoms with Crippen LogP contribution in [0.4, 0.5) is 5.82 Å². The molecule has 7 nitrogen and oxygen atoms in total. The van der Waals surface area contributed by atoms with Gasteiger partial charge in [0, 0.05) is 24.7 Å². The molecule has 1 N–H and O–H groups in total. The van der Waals surface area contributed by atoms with Gasteiger partial charge in [-0.1, -0.05) is 11.6 Å². The van der Waals surface area contributed by atoms with Gasteiger partial charge < -0.3 is 10.1 Å². The minimum atomic E-state index is 0.697. The van der Waals surface area contributed by atoms with Crippen molar-refractivity contribution in [1.29, 1.82) is 0 Å². The maximum Gasteiger partial charge on any atom is 0.168 e. The van der Waals surface area contributed by atoms with Gasteiger partial charge in [-0.15, -0.1) is 0 Å². The van der Waals surface area contributed by atoms with Crippen molar-refractivity contribution in [2.75, 3.05) is 44.7 Å². The van der Waals surface area contributed by atoms with Gasteiger partial charge in [-0.25, -0.2) is 14.6 Å². The van der Waals surface area contributed by atoms with Crippen LogP contribution in [0, 0.1) is 0 Å². The van der Waals surface area contributed by atoms with Crippen molar-refractivity contribution < 1.29 is 4.74 Å². The molecule has 1 saturated heterocycles. The first-order valence-corrected chi connectivity index (χ1v) is 9.18. The Balaban J connectivity index is 1.44. The fraction of sp³-hybridized carbons (Fsp3) is 0.389. The number of fused-ring (bicyclic) bond motifs is 1. The highest BCUT2D eigenvalue weighted by Crippen LogP contribution is 2.22. The molecule has 1 aliphatic heterocycles. The number of anilines is 1. The molecule has 136 valence electrons. The van der Waals surface area contributed by atoms with E-state index in [2.05, 4.69) is 25.3 Å². The Hall–Kier alpha value is -2.22. The number of halogens is 1. The highest BCUT2D eigenvalue weighted by molar-refractivity contribution is 6.30. The number of nitrogens with one attached hydrogen (secondary N) is 1. The molecular formula is C18H21ClN6O. The highest BCUT2D eigenvalue weighted by Gasteiger charge is 2.12. The molecule has 0 amide bonds. The van der Waals surface area contributed by atoms with Gasteiger partial charge in [0.05, 0.1) is 30.5 Å². The minimum Gasteiger partial charge on any atom is -0.379 e. The summed E-state index contributed by atoms with van der Waals surface area (Å²) in [6.07, 6.45) is 4.42. The third-order valence-corrected chi connectivity index (χ3v) is 4.74. The van der Waals surface area contributed by atoms with Crippen molar-refractivity contribution in [2.24, 2.45) is 0 Å². The first-order chi connectivity index (χ1) is 12.8. The molecule has 3 heterocycles. The van der Waals surface area contributed by atoms with Crippen LogP contribution in [0.25, 0.3) is 16.7 Å². The molecule has 26 heavy (non-hydrogen) atoms. The summed E-state index contributed by atoms with van der Waals surface area (Å²) < 4.78 is 7.18. The maximum absolute atomic E-state index is 5.97. The molecule has 0 bridgehead atoms. The number of benzene rings is 1. The number of nitrogens with zero attached hydrogens (tertiary/aromatic N) is 5. The van der Waals surface area contributed by atoms with Crippen molar-refractivity contribution in [3.63, 3.8) is 0 Å². The lowest BCUT2D eigenvalue weighted by atomic mass is 10.3. The van der Waals surface area contributed by atoms with E-state index >= 15 is 0 Å². The second-order valence-corrected chi connectivity index (χ2v) is 6.66. The third kappa shape index (κ3) is 3.80. The molecule has 1 fully saturated rings. The average Bonchev–Trinajstić information content (AvgIpc) is 3.12. The number of aromatic nitrogens is 4. The smallest absolute Gasteiger partial charge is 0.168 e. The van der Waals surface area contributed by atoms with E-state index in [1.54, 1.807) is 17.2 Å². The van der Waals surface area contributed by atoms with E-state index in [4.69, 9.17) is 16.3 Å². The fourth-order valence-electron chi connectivity index (χ4n) is 3.09. The van der Waals surface area contributed by atoms with Crippen LogP contribution < -0.4 is 5.32 Å². The Kier molecular flexibility index (Phi) is 5.29. The van der Waals surface area contributed by atoms with Crippen molar-refractivity contribution in [2.45, 2.75) is 6.42 Å². The lowest BCUT2D eigenvalue weighted by Crippen LogP contribution is -2.37. The molecule has 0 atom stereocenters. The standard InChI is InChI=1S/C18H21ClN6O/c19-14-2-4-15(5-3-14)25-18-16(12-23-25)17(21-13-22-18)20-6-1-7-24-8-10-26-11-9-24/h2-5,12-13H,1,6-11H2,(H,20,21,22). The van der Waals surface area contributed by atoms with Crippen molar-refractivity contribution in [3.05, 3.63) is 41.8 Å². The summed E-state index contributed by atoms with van der Waals surface area (Å²) >= 11 is 5.97. The molecule has 4 rings (SSSR count). The Morgan fingerprint density at radius 1 is 1.12 bits per heavy atom. The number of ether oxygens (including phenoxy) is 1. The predicted molar refractivity (Wildman–Crippen MR) is 102 cm³/mol. The van der Waals surface area contributed by atoms with Crippen LogP contribution >= 0.6 is 11.6 Å². The summed E-state index contributed by atoms with van der Waals surface area (Å²) in [5.41, 5.74) is 1.69. The number of morpholine rings is 1. The van der Waals surface area contributed by atoms with Crippen LogP contribution in [0.3, 0.4) is 0 Å². The third-order valence-electron chi connectivity index (χ3n) is 4.48. The van der Waals surface area contributed by atoms with Crippen LogP contribution in [0.1, 0.15) is 6.42 Å². The summed E-state index contributed by atoms with van der Waals surface area (Å²) in [7, 11) is 0. The summed E-state index contributed by atoms with van der Waals surface area (Å²) in [5, 5.41) is 9.49. The summed E-state index contributed by atoms with van der Waals surface area (Å²) in [6, 6.07) is 7.53. The van der Waals surface area contributed by atoms with E-state index in [-0.39, 0.29) is 0 Å². The lowest BCUT2D eigenvalue weighted by Gasteiger charge is -2.26. The van der Waals surface area contributed by atoms with Crippen LogP contribution in [-0.2, 0) is 4.74 Å². The summed E-state index contributed by atoms with van der Waals surface area (Å²) in [4.78, 5) is 11.2. The molecular weight excluding hydrogens is 352 g/mol. The van der Waals surface area contributed by atoms with Gasteiger partial charge in [0.25, 0.3) is 0 Å². The predicted octanol–water partition coefficient (Wildman–Crippen LogP) is 2.60. The van der Waals surface area contributed by atoms with Gasteiger partial charge in [0.1, 0.15) is 12.1 Å². The van der Waals surface area contributed by atoms with Crippen LogP contribution in [0.2, 0.25) is 5.02 Å². The minimum absolute atomic E-state index is 0.697. The fourth-order valence-corrected chi connectivity index (χ4v) is 3.22. The van der Waals surface area contributed by atoms with E-state index in [0.29, 0.717) is 5.02 Å². The quantitative estimate of drug-likeness (QED) is 0.671. The molecule has 0 spiro atoms. The topological polar surface area (TPSA) is 68.1 Å². The second kappa shape index (κ2) is 7.99. The Morgan fingerprint density at radius 3 is 2.73 bits per heavy atom. The number of hydrogen-bond donors (Lipinski definition) is 1. The molecule has 0 unspecified atom stereocenters. The Bertz CT molecular complexity index is 860. The molecule has 3 aromatic rings. The van der Waals surface area contributed by atoms with Gasteiger partial charge in [0.15, 0.2) is 5.65 Å². The van der Waals surface area contributed by atoms with Gasteiger partial charge in [-0.3, -0.25) is 4.90 Å². The zero-order valence-electron chi connectivity index (χ0n) is 14.4. The normalized spacial score (nSPS) is 15.4. The summed E-state index contributed by atoms with van der Waals surface area (Å²) in [5.74, 6) is 0.817. The molecule has 8 heteroatoms. The van der Waals surface area contributed by atoms with Crippen molar-refractivity contribution >= 4 is 28.5 Å². The van der Waals surface area contributed by atoms with E-state index in [1.807, 2.05) is 24.3 Å². The number of rotatable bonds is 6. The second-order valence-electron chi connectivity index (χ2n) is 6.23. The van der Waals surface area contributed by atoms with E-state index in [1.165, 1.54) is 0 Å². The molecule has 0 saturated carbocycles. The lowest BCUT2D eigenvalue weighted by molar-refractivity contribution is 0.0378. The van der Waals surface area contributed by atoms with Crippen LogP contribution in [-0.4, -0.2) is 64.0 Å². The van der Waals surface area contributed by atoms with E-state index in [0.717, 1.165) is 68.4 Å². The number of hydrogen-bond acceptors (Lipinski definition) is 6. The summed E-state index contributed by atoms with van der Waals surface area (Å²) in [6.45, 7) is 5.63. The Labute approximate surface area is 156 Å². The Morgan fingerprint density at radius 2 is 1.92 bits per heavy atom. The van der Waals surface area contributed by atoms with E-state index in [9.17, 15) is 0 Å². The average molecular weight is 373 g/mol. The van der Waals surface area contributed by atoms with E-state index < -0.39 is 0 Å². The zero-order valence-corrected chi connectivity index (χ0v) is 15.2. The van der Waals surface area contributed by atoms with Crippen LogP contribution in [0.5, 0.6) is 0 Å². The molecule has 0 radical (unpaired) electrons. The first kappa shape index (κ1) is 17.2. The SMILES string of the molecule is Clc1ccc(-n2ncc3c(NCCCN4CCOCC4)ncnc32)cc1. The molecule has 0 aliphatic carbocycles. The maximum atomic E-state index is 5.97. The largest absolute Gasteiger partial charge is 0.379 e. The molecule has 1 aliphatic rings. The van der Waals surface area contributed by atoms with Crippen LogP contribution in [0.15, 0.2) is 36.8 Å². The van der Waals surface area contributed by atoms with Gasteiger partial charge in [0.2, 0.25) is 0 Å². The molecule has 2 aromatic heterocycles. The highest BCUT2D eigenvalue weighted by atomic mass is 35.5. The first-order valence-electron chi connectivity index (χ1n) is 8.80. The van der Waals surface area contributed by atoms with Gasteiger partial charge in [-0.2, -0.15) is 5.10 Å². The van der Waals surface area contributed by atoms with Crippen molar-refractivity contribution in [1.82, 2.24) is 24.6 Å².